The van der Waals surface area contributed by atoms with Crippen molar-refractivity contribution in [1.82, 2.24) is 19.4 Å². The fourth-order valence-corrected chi connectivity index (χ4v) is 3.67. The summed E-state index contributed by atoms with van der Waals surface area (Å²) in [6.07, 6.45) is 1.65. The Labute approximate surface area is 169 Å². The summed E-state index contributed by atoms with van der Waals surface area (Å²) in [7, 11) is 1.65. The van der Waals surface area contributed by atoms with Crippen LogP contribution < -0.4 is 15.4 Å². The Bertz CT molecular complexity index is 945. The van der Waals surface area contributed by atoms with Crippen LogP contribution in [-0.2, 0) is 11.8 Å². The number of anilines is 2. The van der Waals surface area contributed by atoms with Crippen LogP contribution in [0, 0.1) is 6.92 Å². The molecule has 2 fully saturated rings. The lowest BCUT2D eigenvalue weighted by atomic mass is 10.2. The van der Waals surface area contributed by atoms with Gasteiger partial charge in [-0.2, -0.15) is 4.98 Å². The number of nitrogens with zero attached hydrogens (tertiary/aromatic N) is 6. The summed E-state index contributed by atoms with van der Waals surface area (Å²) in [4.78, 5) is 40.4. The number of ether oxygens (including phenoxy) is 1. The van der Waals surface area contributed by atoms with Gasteiger partial charge in [-0.25, -0.2) is 4.98 Å². The van der Waals surface area contributed by atoms with Crippen LogP contribution in [0.5, 0.6) is 0 Å². The highest BCUT2D eigenvalue weighted by Gasteiger charge is 2.26. The summed E-state index contributed by atoms with van der Waals surface area (Å²) in [5, 5.41) is 0. The molecular weight excluding hydrogens is 372 g/mol. The van der Waals surface area contributed by atoms with Gasteiger partial charge in [-0.1, -0.05) is 0 Å². The van der Waals surface area contributed by atoms with Crippen molar-refractivity contribution in [3.05, 3.63) is 46.0 Å². The second-order valence-electron chi connectivity index (χ2n) is 7.38. The second kappa shape index (κ2) is 8.20. The van der Waals surface area contributed by atoms with Crippen molar-refractivity contribution in [2.24, 2.45) is 7.05 Å². The summed E-state index contributed by atoms with van der Waals surface area (Å²) in [5.74, 6) is 1.39. The highest BCUT2D eigenvalue weighted by Crippen LogP contribution is 2.20. The van der Waals surface area contributed by atoms with Crippen LogP contribution in [-0.4, -0.2) is 77.8 Å². The third-order valence-electron chi connectivity index (χ3n) is 5.37. The molecule has 0 N–H and O–H groups in total. The fourth-order valence-electron chi connectivity index (χ4n) is 3.67. The van der Waals surface area contributed by atoms with E-state index < -0.39 is 0 Å². The fraction of sp³-hybridized carbons (Fsp3) is 0.500. The van der Waals surface area contributed by atoms with Crippen molar-refractivity contribution in [3.63, 3.8) is 0 Å². The quantitative estimate of drug-likeness (QED) is 0.734. The Balaban J connectivity index is 1.45. The molecule has 0 bridgehead atoms. The predicted molar refractivity (Wildman–Crippen MR) is 110 cm³/mol. The molecule has 2 aromatic heterocycles. The van der Waals surface area contributed by atoms with Crippen LogP contribution in [0.3, 0.4) is 0 Å². The SMILES string of the molecule is Cc1cc(N2CCOCC2)nc(N2CCN(C(=O)c3cccn(C)c3=O)CC2)n1. The minimum Gasteiger partial charge on any atom is -0.378 e. The maximum absolute atomic E-state index is 12.8. The standard InChI is InChI=1S/C20H26N6O3/c1-15-14-17(24-10-12-29-13-11-24)22-20(21-15)26-8-6-25(7-9-26)19(28)16-4-3-5-23(2)18(16)27/h3-5,14H,6-13H2,1-2H3. The van der Waals surface area contributed by atoms with Crippen molar-refractivity contribution < 1.29 is 9.53 Å². The normalized spacial score (nSPS) is 17.5. The molecule has 0 atom stereocenters. The van der Waals surface area contributed by atoms with Crippen LogP contribution in [0.2, 0.25) is 0 Å². The number of rotatable bonds is 3. The summed E-state index contributed by atoms with van der Waals surface area (Å²) < 4.78 is 6.86. The molecule has 4 heterocycles. The Morgan fingerprint density at radius 1 is 1.03 bits per heavy atom. The number of aryl methyl sites for hydroxylation is 2. The Kier molecular flexibility index (Phi) is 5.48. The first-order chi connectivity index (χ1) is 14.0. The summed E-state index contributed by atoms with van der Waals surface area (Å²) in [5.41, 5.74) is 0.865. The van der Waals surface area contributed by atoms with Gasteiger partial charge in [0.1, 0.15) is 11.4 Å². The van der Waals surface area contributed by atoms with Gasteiger partial charge in [-0.3, -0.25) is 9.59 Å². The first-order valence-corrected chi connectivity index (χ1v) is 9.91. The van der Waals surface area contributed by atoms with Gasteiger partial charge in [0.2, 0.25) is 5.95 Å². The van der Waals surface area contributed by atoms with Crippen LogP contribution in [0.15, 0.2) is 29.2 Å². The average molecular weight is 398 g/mol. The Morgan fingerprint density at radius 3 is 2.48 bits per heavy atom. The molecule has 1 amide bonds. The molecule has 0 saturated carbocycles. The van der Waals surface area contributed by atoms with Crippen molar-refractivity contribution in [2.75, 3.05) is 62.3 Å². The minimum absolute atomic E-state index is 0.213. The number of piperazine rings is 1. The lowest BCUT2D eigenvalue weighted by Crippen LogP contribution is -2.50. The van der Waals surface area contributed by atoms with Gasteiger partial charge in [-0.15, -0.1) is 0 Å². The first-order valence-electron chi connectivity index (χ1n) is 9.91. The number of morpholine rings is 1. The molecule has 2 saturated heterocycles. The highest BCUT2D eigenvalue weighted by atomic mass is 16.5. The highest BCUT2D eigenvalue weighted by molar-refractivity contribution is 5.94. The predicted octanol–water partition coefficient (Wildman–Crippen LogP) is 0.283. The van der Waals surface area contributed by atoms with Gasteiger partial charge in [0.05, 0.1) is 13.2 Å². The lowest BCUT2D eigenvalue weighted by Gasteiger charge is -2.35. The van der Waals surface area contributed by atoms with Crippen molar-refractivity contribution in [3.8, 4) is 0 Å². The molecule has 0 radical (unpaired) electrons. The monoisotopic (exact) mass is 398 g/mol. The van der Waals surface area contributed by atoms with E-state index in [1.807, 2.05) is 13.0 Å². The minimum atomic E-state index is -0.267. The van der Waals surface area contributed by atoms with E-state index in [0.29, 0.717) is 45.3 Å². The first kappa shape index (κ1) is 19.4. The number of aromatic nitrogens is 3. The zero-order valence-corrected chi connectivity index (χ0v) is 16.9. The van der Waals surface area contributed by atoms with E-state index in [4.69, 9.17) is 9.72 Å². The zero-order valence-electron chi connectivity index (χ0n) is 16.9. The molecule has 154 valence electrons. The molecule has 2 aromatic rings. The van der Waals surface area contributed by atoms with Crippen molar-refractivity contribution in [2.45, 2.75) is 6.92 Å². The molecule has 2 aliphatic rings. The molecular formula is C20H26N6O3. The van der Waals surface area contributed by atoms with Crippen LogP contribution in [0.4, 0.5) is 11.8 Å². The molecule has 0 spiro atoms. The van der Waals surface area contributed by atoms with E-state index in [1.165, 1.54) is 4.57 Å². The summed E-state index contributed by atoms with van der Waals surface area (Å²) in [6.45, 7) is 7.35. The van der Waals surface area contributed by atoms with Crippen molar-refractivity contribution >= 4 is 17.7 Å². The maximum Gasteiger partial charge on any atom is 0.263 e. The number of hydrogen-bond acceptors (Lipinski definition) is 7. The third kappa shape index (κ3) is 4.09. The molecule has 0 aromatic carbocycles. The van der Waals surface area contributed by atoms with Gasteiger partial charge in [0.25, 0.3) is 11.5 Å². The molecule has 9 heteroatoms. The Hall–Kier alpha value is -2.94. The van der Waals surface area contributed by atoms with Gasteiger partial charge < -0.3 is 24.0 Å². The van der Waals surface area contributed by atoms with Gasteiger partial charge >= 0.3 is 0 Å². The largest absolute Gasteiger partial charge is 0.378 e. The van der Waals surface area contributed by atoms with Crippen molar-refractivity contribution in [1.29, 1.82) is 0 Å². The topological polar surface area (TPSA) is 83.8 Å². The van der Waals surface area contributed by atoms with E-state index in [0.717, 1.165) is 24.6 Å². The van der Waals surface area contributed by atoms with E-state index in [1.54, 1.807) is 30.3 Å². The number of pyridine rings is 1. The number of carbonyl (C=O) groups excluding carboxylic acids is 1. The van der Waals surface area contributed by atoms with Gasteiger partial charge in [0, 0.05) is 64.3 Å². The Morgan fingerprint density at radius 2 is 1.76 bits per heavy atom. The lowest BCUT2D eigenvalue weighted by molar-refractivity contribution is 0.0744. The van der Waals surface area contributed by atoms with Crippen LogP contribution in [0.25, 0.3) is 0 Å². The van der Waals surface area contributed by atoms with Gasteiger partial charge in [0.15, 0.2) is 0 Å². The third-order valence-corrected chi connectivity index (χ3v) is 5.37. The molecule has 9 nitrogen and oxygen atoms in total. The van der Waals surface area contributed by atoms with E-state index >= 15 is 0 Å². The summed E-state index contributed by atoms with van der Waals surface area (Å²) >= 11 is 0. The molecule has 29 heavy (non-hydrogen) atoms. The molecule has 2 aliphatic heterocycles. The van der Waals surface area contributed by atoms with E-state index in [9.17, 15) is 9.59 Å². The second-order valence-corrected chi connectivity index (χ2v) is 7.38. The van der Waals surface area contributed by atoms with E-state index in [2.05, 4.69) is 14.8 Å². The summed E-state index contributed by atoms with van der Waals surface area (Å²) in [6, 6.07) is 5.31. The number of hydrogen-bond donors (Lipinski definition) is 0. The van der Waals surface area contributed by atoms with E-state index in [-0.39, 0.29) is 17.0 Å². The maximum atomic E-state index is 12.8. The zero-order chi connectivity index (χ0) is 20.4. The smallest absolute Gasteiger partial charge is 0.263 e. The molecule has 4 rings (SSSR count). The molecule has 0 aliphatic carbocycles. The number of amides is 1. The van der Waals surface area contributed by atoms with Crippen LogP contribution in [0.1, 0.15) is 16.1 Å². The average Bonchev–Trinajstić information content (AvgIpc) is 2.75. The van der Waals surface area contributed by atoms with Crippen LogP contribution >= 0.6 is 0 Å². The van der Waals surface area contributed by atoms with Gasteiger partial charge in [-0.05, 0) is 19.1 Å². The molecule has 0 unspecified atom stereocenters. The number of carbonyl (C=O) groups is 1.